The molecule has 0 radical (unpaired) electrons. The fourth-order valence-electron chi connectivity index (χ4n) is 2.27. The van der Waals surface area contributed by atoms with Crippen LogP contribution in [0.5, 0.6) is 0 Å². The number of nitro groups is 1. The zero-order valence-electron chi connectivity index (χ0n) is 12.4. The van der Waals surface area contributed by atoms with Crippen LogP contribution in [0, 0.1) is 27.9 Å². The lowest BCUT2D eigenvalue weighted by atomic mass is 9.85. The summed E-state index contributed by atoms with van der Waals surface area (Å²) in [5, 5.41) is 14.1. The molecule has 0 unspecified atom stereocenters. The maximum Gasteiger partial charge on any atom is 0.311 e. The molecule has 0 saturated heterocycles. The van der Waals surface area contributed by atoms with Gasteiger partial charge in [-0.2, -0.15) is 0 Å². The van der Waals surface area contributed by atoms with Crippen molar-refractivity contribution in [2.75, 3.05) is 17.3 Å². The molecule has 7 heteroatoms. The highest BCUT2D eigenvalue weighted by Gasteiger charge is 2.21. The van der Waals surface area contributed by atoms with Gasteiger partial charge in [0.2, 0.25) is 5.82 Å². The van der Waals surface area contributed by atoms with Crippen LogP contribution in [0.3, 0.4) is 0 Å². The third-order valence-electron chi connectivity index (χ3n) is 3.44. The average molecular weight is 281 g/mol. The first-order valence-electron chi connectivity index (χ1n) is 6.72. The summed E-state index contributed by atoms with van der Waals surface area (Å²) in [5.41, 5.74) is 2.35. The fourth-order valence-corrected chi connectivity index (χ4v) is 2.27. The van der Waals surface area contributed by atoms with Crippen molar-refractivity contribution >= 4 is 17.3 Å². The lowest BCUT2D eigenvalue weighted by Crippen LogP contribution is -2.25. The van der Waals surface area contributed by atoms with E-state index in [1.807, 2.05) is 0 Å². The molecule has 0 atom stereocenters. The number of hydrogen-bond acceptors (Lipinski definition) is 6. The maximum absolute atomic E-state index is 11.0. The molecule has 0 fully saturated rings. The van der Waals surface area contributed by atoms with Gasteiger partial charge in [0.1, 0.15) is 5.82 Å². The number of anilines is 2. The number of aromatic nitrogens is 1. The maximum atomic E-state index is 11.0. The Morgan fingerprint density at radius 3 is 2.35 bits per heavy atom. The molecule has 112 valence electrons. The summed E-state index contributed by atoms with van der Waals surface area (Å²) in [5.74, 6) is 7.30. The first-order valence-corrected chi connectivity index (χ1v) is 6.72. The van der Waals surface area contributed by atoms with Crippen molar-refractivity contribution < 1.29 is 4.92 Å². The number of nitrogens with two attached hydrogens (primary N) is 1. The predicted octanol–water partition coefficient (Wildman–Crippen LogP) is 2.62. The topological polar surface area (TPSA) is 106 Å². The van der Waals surface area contributed by atoms with Gasteiger partial charge in [-0.05, 0) is 23.8 Å². The van der Waals surface area contributed by atoms with Gasteiger partial charge in [-0.3, -0.25) is 10.1 Å². The van der Waals surface area contributed by atoms with E-state index in [0.29, 0.717) is 30.1 Å². The number of pyridine rings is 1. The van der Waals surface area contributed by atoms with Gasteiger partial charge in [-0.15, -0.1) is 0 Å². The molecule has 0 aromatic carbocycles. The van der Waals surface area contributed by atoms with Crippen molar-refractivity contribution in [3.05, 3.63) is 22.2 Å². The van der Waals surface area contributed by atoms with E-state index in [9.17, 15) is 10.1 Å². The highest BCUT2D eigenvalue weighted by atomic mass is 16.6. The zero-order valence-corrected chi connectivity index (χ0v) is 12.4. The van der Waals surface area contributed by atoms with Crippen LogP contribution >= 0.6 is 0 Å². The summed E-state index contributed by atoms with van der Waals surface area (Å²) in [6, 6.07) is 2.87. The first kappa shape index (κ1) is 16.2. The van der Waals surface area contributed by atoms with Gasteiger partial charge in [0, 0.05) is 12.6 Å². The number of rotatable bonds is 7. The normalized spacial score (nSPS) is 11.2. The minimum absolute atomic E-state index is 0.0461. The molecule has 0 spiro atoms. The highest BCUT2D eigenvalue weighted by Crippen LogP contribution is 2.26. The van der Waals surface area contributed by atoms with Crippen molar-refractivity contribution in [1.82, 2.24) is 4.98 Å². The number of nitrogens with one attached hydrogen (secondary N) is 2. The molecule has 20 heavy (non-hydrogen) atoms. The van der Waals surface area contributed by atoms with Crippen LogP contribution in [0.15, 0.2) is 12.1 Å². The van der Waals surface area contributed by atoms with Crippen molar-refractivity contribution in [3.63, 3.8) is 0 Å². The van der Waals surface area contributed by atoms with Gasteiger partial charge in [0.05, 0.1) is 4.92 Å². The van der Waals surface area contributed by atoms with Crippen LogP contribution in [-0.2, 0) is 0 Å². The Hall–Kier alpha value is -1.89. The Kier molecular flexibility index (Phi) is 5.69. The quantitative estimate of drug-likeness (QED) is 0.403. The summed E-state index contributed by atoms with van der Waals surface area (Å²) in [6.07, 6.45) is 0. The second-order valence-corrected chi connectivity index (χ2v) is 5.50. The molecule has 1 heterocycles. The van der Waals surface area contributed by atoms with E-state index in [2.05, 4.69) is 43.4 Å². The predicted molar refractivity (Wildman–Crippen MR) is 80.4 cm³/mol. The lowest BCUT2D eigenvalue weighted by molar-refractivity contribution is -0.384. The Bertz CT molecular complexity index is 454. The Morgan fingerprint density at radius 1 is 1.30 bits per heavy atom. The van der Waals surface area contributed by atoms with Gasteiger partial charge in [-0.1, -0.05) is 27.7 Å². The van der Waals surface area contributed by atoms with E-state index in [1.165, 1.54) is 12.1 Å². The molecular formula is C13H23N5O2. The largest absolute Gasteiger partial charge is 0.364 e. The molecule has 0 amide bonds. The molecule has 7 nitrogen and oxygen atoms in total. The Morgan fingerprint density at radius 2 is 1.90 bits per heavy atom. The van der Waals surface area contributed by atoms with Gasteiger partial charge in [0.15, 0.2) is 0 Å². The van der Waals surface area contributed by atoms with Crippen LogP contribution in [-0.4, -0.2) is 16.5 Å². The van der Waals surface area contributed by atoms with Crippen LogP contribution in [0.1, 0.15) is 27.7 Å². The number of nitrogen functional groups attached to an aromatic ring is 1. The summed E-state index contributed by atoms with van der Waals surface area (Å²) in [4.78, 5) is 14.7. The van der Waals surface area contributed by atoms with Gasteiger partial charge < -0.3 is 10.7 Å². The molecule has 0 aliphatic rings. The molecule has 0 saturated carbocycles. The number of hydrazine groups is 1. The van der Waals surface area contributed by atoms with Crippen molar-refractivity contribution in [2.24, 2.45) is 23.6 Å². The van der Waals surface area contributed by atoms with Gasteiger partial charge in [-0.25, -0.2) is 10.8 Å². The number of hydrogen-bond donors (Lipinski definition) is 3. The van der Waals surface area contributed by atoms with E-state index in [-0.39, 0.29) is 11.5 Å². The van der Waals surface area contributed by atoms with E-state index < -0.39 is 4.92 Å². The zero-order chi connectivity index (χ0) is 15.3. The first-order chi connectivity index (χ1) is 9.36. The van der Waals surface area contributed by atoms with E-state index >= 15 is 0 Å². The van der Waals surface area contributed by atoms with Crippen molar-refractivity contribution in [1.29, 1.82) is 0 Å². The summed E-state index contributed by atoms with van der Waals surface area (Å²) < 4.78 is 0. The van der Waals surface area contributed by atoms with Crippen LogP contribution in [0.2, 0.25) is 0 Å². The molecule has 1 aromatic rings. The molecule has 0 bridgehead atoms. The Balaban J connectivity index is 2.92. The molecule has 1 aromatic heterocycles. The minimum atomic E-state index is -0.449. The van der Waals surface area contributed by atoms with E-state index in [0.717, 1.165) is 0 Å². The average Bonchev–Trinajstić information content (AvgIpc) is 2.37. The number of nitrogens with zero attached hydrogens (tertiary/aromatic N) is 2. The summed E-state index contributed by atoms with van der Waals surface area (Å²) >= 11 is 0. The smallest absolute Gasteiger partial charge is 0.311 e. The fraction of sp³-hybridized carbons (Fsp3) is 0.615. The lowest BCUT2D eigenvalue weighted by Gasteiger charge is -2.25. The second kappa shape index (κ2) is 7.04. The standard InChI is InChI=1S/C13H23N5O2/c1-8(2)10(9(3)4)7-15-13-11(18(19)20)5-6-12(16-13)17-14/h5-6,8-10H,7,14H2,1-4H3,(H2,15,16,17). The molecule has 4 N–H and O–H groups in total. The van der Waals surface area contributed by atoms with Crippen molar-refractivity contribution in [3.8, 4) is 0 Å². The molecule has 0 aliphatic carbocycles. The van der Waals surface area contributed by atoms with Crippen LogP contribution < -0.4 is 16.6 Å². The van der Waals surface area contributed by atoms with Gasteiger partial charge in [0.25, 0.3) is 0 Å². The second-order valence-electron chi connectivity index (χ2n) is 5.50. The SMILES string of the molecule is CC(C)C(CNc1nc(NN)ccc1[N+](=O)[O-])C(C)C. The highest BCUT2D eigenvalue weighted by molar-refractivity contribution is 5.59. The van der Waals surface area contributed by atoms with Crippen LogP contribution in [0.25, 0.3) is 0 Å². The molecule has 1 rings (SSSR count). The summed E-state index contributed by atoms with van der Waals surface area (Å²) in [6.45, 7) is 9.22. The third-order valence-corrected chi connectivity index (χ3v) is 3.44. The van der Waals surface area contributed by atoms with Crippen molar-refractivity contribution in [2.45, 2.75) is 27.7 Å². The van der Waals surface area contributed by atoms with Gasteiger partial charge >= 0.3 is 5.69 Å². The van der Waals surface area contributed by atoms with E-state index in [4.69, 9.17) is 5.84 Å². The monoisotopic (exact) mass is 281 g/mol. The Labute approximate surface area is 119 Å². The molecular weight excluding hydrogens is 258 g/mol. The van der Waals surface area contributed by atoms with Crippen LogP contribution in [0.4, 0.5) is 17.3 Å². The summed E-state index contributed by atoms with van der Waals surface area (Å²) in [7, 11) is 0. The minimum Gasteiger partial charge on any atom is -0.364 e. The third kappa shape index (κ3) is 4.06. The van der Waals surface area contributed by atoms with E-state index in [1.54, 1.807) is 0 Å². The molecule has 0 aliphatic heterocycles.